The average Bonchev–Trinajstić information content (AvgIpc) is 3.21. The quantitative estimate of drug-likeness (QED) is 0.631. The Hall–Kier alpha value is -3.48. The van der Waals surface area contributed by atoms with Gasteiger partial charge in [0.25, 0.3) is 5.91 Å². The van der Waals surface area contributed by atoms with Crippen molar-refractivity contribution in [3.8, 4) is 17.2 Å². The second kappa shape index (κ2) is 8.26. The molecule has 3 aromatic rings. The summed E-state index contributed by atoms with van der Waals surface area (Å²) in [5, 5.41) is 0. The van der Waals surface area contributed by atoms with Gasteiger partial charge < -0.3 is 23.5 Å². The number of amides is 1. The van der Waals surface area contributed by atoms with Gasteiger partial charge in [-0.05, 0) is 48.5 Å². The van der Waals surface area contributed by atoms with E-state index in [0.29, 0.717) is 36.2 Å². The monoisotopic (exact) mass is 397 g/mol. The SMILES string of the molecule is CN(CC1COc2ccccc2O1)C(=O)c1ccc(COc2ccc(F)cc2)o1. The number of para-hydroxylation sites is 2. The van der Waals surface area contributed by atoms with Crippen molar-refractivity contribution >= 4 is 5.91 Å². The Morgan fingerprint density at radius 2 is 1.86 bits per heavy atom. The van der Waals surface area contributed by atoms with E-state index >= 15 is 0 Å². The van der Waals surface area contributed by atoms with Gasteiger partial charge in [0.2, 0.25) is 0 Å². The van der Waals surface area contributed by atoms with Crippen LogP contribution in [-0.2, 0) is 6.61 Å². The third-order valence-electron chi connectivity index (χ3n) is 4.46. The lowest BCUT2D eigenvalue weighted by molar-refractivity contribution is 0.0499. The van der Waals surface area contributed by atoms with Crippen molar-refractivity contribution in [2.24, 2.45) is 0 Å². The highest BCUT2D eigenvalue weighted by Crippen LogP contribution is 2.31. The van der Waals surface area contributed by atoms with Gasteiger partial charge in [-0.25, -0.2) is 4.39 Å². The van der Waals surface area contributed by atoms with Crippen molar-refractivity contribution in [3.63, 3.8) is 0 Å². The summed E-state index contributed by atoms with van der Waals surface area (Å²) in [4.78, 5) is 14.2. The topological polar surface area (TPSA) is 61.1 Å². The van der Waals surface area contributed by atoms with Crippen molar-refractivity contribution in [2.75, 3.05) is 20.2 Å². The van der Waals surface area contributed by atoms with Crippen molar-refractivity contribution in [3.05, 3.63) is 78.0 Å². The van der Waals surface area contributed by atoms with Crippen LogP contribution in [0.15, 0.2) is 65.1 Å². The van der Waals surface area contributed by atoms with Crippen LogP contribution in [0.1, 0.15) is 16.3 Å². The zero-order valence-corrected chi connectivity index (χ0v) is 15.8. The maximum Gasteiger partial charge on any atom is 0.289 e. The van der Waals surface area contributed by atoms with Gasteiger partial charge in [-0.15, -0.1) is 0 Å². The number of benzene rings is 2. The fourth-order valence-electron chi connectivity index (χ4n) is 2.99. The molecule has 0 saturated heterocycles. The smallest absolute Gasteiger partial charge is 0.289 e. The number of carbonyl (C=O) groups excluding carboxylic acids is 1. The van der Waals surface area contributed by atoms with Crippen LogP contribution in [0.25, 0.3) is 0 Å². The standard InChI is InChI=1S/C22H20FNO5/c1-24(12-18-14-27-19-4-2-3-5-20(19)29-18)22(25)21-11-10-17(28-21)13-26-16-8-6-15(23)7-9-16/h2-11,18H,12-14H2,1H3. The summed E-state index contributed by atoms with van der Waals surface area (Å²) in [6, 6.07) is 16.4. The van der Waals surface area contributed by atoms with Crippen LogP contribution in [-0.4, -0.2) is 37.1 Å². The molecule has 29 heavy (non-hydrogen) atoms. The zero-order valence-electron chi connectivity index (χ0n) is 15.8. The molecule has 6 nitrogen and oxygen atoms in total. The van der Waals surface area contributed by atoms with E-state index < -0.39 is 0 Å². The van der Waals surface area contributed by atoms with Gasteiger partial charge in [0.15, 0.2) is 23.4 Å². The van der Waals surface area contributed by atoms with E-state index in [9.17, 15) is 9.18 Å². The van der Waals surface area contributed by atoms with E-state index in [1.54, 1.807) is 19.2 Å². The summed E-state index contributed by atoms with van der Waals surface area (Å²) in [6.07, 6.45) is -0.268. The number of fused-ring (bicyclic) bond motifs is 1. The van der Waals surface area contributed by atoms with Crippen LogP contribution < -0.4 is 14.2 Å². The van der Waals surface area contributed by atoms with Gasteiger partial charge in [-0.3, -0.25) is 4.79 Å². The molecule has 1 unspecified atom stereocenters. The lowest BCUT2D eigenvalue weighted by atomic mass is 10.2. The number of hydrogen-bond donors (Lipinski definition) is 0. The fourth-order valence-corrected chi connectivity index (χ4v) is 2.99. The average molecular weight is 397 g/mol. The minimum absolute atomic E-state index is 0.138. The molecule has 2 heterocycles. The molecule has 4 rings (SSSR count). The summed E-state index contributed by atoms with van der Waals surface area (Å²) < 4.78 is 35.6. The molecule has 0 saturated carbocycles. The molecule has 0 fully saturated rings. The number of furan rings is 1. The Balaban J connectivity index is 1.32. The summed E-state index contributed by atoms with van der Waals surface area (Å²) >= 11 is 0. The van der Waals surface area contributed by atoms with Gasteiger partial charge in [0, 0.05) is 7.05 Å². The lowest BCUT2D eigenvalue weighted by Gasteiger charge is -2.29. The van der Waals surface area contributed by atoms with E-state index in [0.717, 1.165) is 0 Å². The van der Waals surface area contributed by atoms with Gasteiger partial charge in [0.1, 0.15) is 30.5 Å². The third kappa shape index (κ3) is 4.51. The maximum atomic E-state index is 12.9. The first-order valence-corrected chi connectivity index (χ1v) is 9.19. The van der Waals surface area contributed by atoms with Gasteiger partial charge in [-0.1, -0.05) is 12.1 Å². The van der Waals surface area contributed by atoms with E-state index in [4.69, 9.17) is 18.6 Å². The molecule has 1 aromatic heterocycles. The van der Waals surface area contributed by atoms with Crippen molar-refractivity contribution in [2.45, 2.75) is 12.7 Å². The Morgan fingerprint density at radius 3 is 2.66 bits per heavy atom. The van der Waals surface area contributed by atoms with Crippen LogP contribution in [0.4, 0.5) is 4.39 Å². The molecule has 2 aromatic carbocycles. The third-order valence-corrected chi connectivity index (χ3v) is 4.46. The number of rotatable bonds is 6. The summed E-state index contributed by atoms with van der Waals surface area (Å²) in [5.74, 6) is 2.00. The second-order valence-corrected chi connectivity index (χ2v) is 6.69. The van der Waals surface area contributed by atoms with E-state index in [1.165, 1.54) is 29.2 Å². The summed E-state index contributed by atoms with van der Waals surface area (Å²) in [6.45, 7) is 0.859. The van der Waals surface area contributed by atoms with Crippen LogP contribution in [0, 0.1) is 5.82 Å². The van der Waals surface area contributed by atoms with Crippen molar-refractivity contribution in [1.82, 2.24) is 4.90 Å². The molecule has 150 valence electrons. The van der Waals surface area contributed by atoms with E-state index in [2.05, 4.69) is 0 Å². The predicted molar refractivity (Wildman–Crippen MR) is 103 cm³/mol. The molecule has 0 aliphatic carbocycles. The lowest BCUT2D eigenvalue weighted by Crippen LogP contribution is -2.41. The largest absolute Gasteiger partial charge is 0.486 e. The molecule has 1 atom stereocenters. The minimum Gasteiger partial charge on any atom is -0.486 e. The normalized spacial score (nSPS) is 15.0. The summed E-state index contributed by atoms with van der Waals surface area (Å²) in [5.41, 5.74) is 0. The second-order valence-electron chi connectivity index (χ2n) is 6.69. The van der Waals surface area contributed by atoms with Gasteiger partial charge in [0.05, 0.1) is 6.54 Å². The highest BCUT2D eigenvalue weighted by molar-refractivity contribution is 5.91. The molecule has 1 amide bonds. The number of likely N-dealkylation sites (N-methyl/N-ethyl adjacent to an activating group) is 1. The molecule has 0 N–H and O–H groups in total. The van der Waals surface area contributed by atoms with Crippen LogP contribution in [0.5, 0.6) is 17.2 Å². The highest BCUT2D eigenvalue weighted by Gasteiger charge is 2.25. The summed E-state index contributed by atoms with van der Waals surface area (Å²) in [7, 11) is 1.68. The number of ether oxygens (including phenoxy) is 3. The molecule has 0 spiro atoms. The Kier molecular flexibility index (Phi) is 5.37. The highest BCUT2D eigenvalue weighted by atomic mass is 19.1. The molecular weight excluding hydrogens is 377 g/mol. The Labute approximate surface area is 167 Å². The molecular formula is C22H20FNO5. The van der Waals surface area contributed by atoms with E-state index in [-0.39, 0.29) is 30.2 Å². The fraction of sp³-hybridized carbons (Fsp3) is 0.227. The molecule has 1 aliphatic rings. The number of carbonyl (C=O) groups is 1. The van der Waals surface area contributed by atoms with E-state index in [1.807, 2.05) is 24.3 Å². The van der Waals surface area contributed by atoms with Gasteiger partial charge in [-0.2, -0.15) is 0 Å². The molecule has 0 bridgehead atoms. The molecule has 0 radical (unpaired) electrons. The first-order chi connectivity index (χ1) is 14.1. The van der Waals surface area contributed by atoms with Crippen LogP contribution in [0.3, 0.4) is 0 Å². The zero-order chi connectivity index (χ0) is 20.2. The van der Waals surface area contributed by atoms with Crippen molar-refractivity contribution < 1.29 is 27.8 Å². The number of hydrogen-bond acceptors (Lipinski definition) is 5. The molecule has 7 heteroatoms. The Morgan fingerprint density at radius 1 is 1.10 bits per heavy atom. The minimum atomic E-state index is -0.331. The first-order valence-electron chi connectivity index (χ1n) is 9.19. The van der Waals surface area contributed by atoms with Crippen LogP contribution >= 0.6 is 0 Å². The van der Waals surface area contributed by atoms with Crippen molar-refractivity contribution in [1.29, 1.82) is 0 Å². The number of halogens is 1. The molecule has 1 aliphatic heterocycles. The first kappa shape index (κ1) is 18.9. The van der Waals surface area contributed by atoms with Crippen LogP contribution in [0.2, 0.25) is 0 Å². The van der Waals surface area contributed by atoms with Gasteiger partial charge >= 0.3 is 0 Å². The number of nitrogens with zero attached hydrogens (tertiary/aromatic N) is 1. The Bertz CT molecular complexity index is 985. The maximum absolute atomic E-state index is 12.9. The predicted octanol–water partition coefficient (Wildman–Crippen LogP) is 3.91.